The number of hydrogen-bond donors (Lipinski definition) is 2. The maximum Gasteiger partial charge on any atom is 0.262 e. The van der Waals surface area contributed by atoms with Gasteiger partial charge in [-0.15, -0.1) is 11.3 Å². The smallest absolute Gasteiger partial charge is 0.262 e. The maximum atomic E-state index is 12.9. The van der Waals surface area contributed by atoms with E-state index in [1.807, 2.05) is 17.5 Å². The summed E-state index contributed by atoms with van der Waals surface area (Å²) >= 11 is 3.00. The number of benzene rings is 1. The third-order valence-corrected chi connectivity index (χ3v) is 8.11. The first-order chi connectivity index (χ1) is 16.4. The number of amides is 3. The summed E-state index contributed by atoms with van der Waals surface area (Å²) < 4.78 is 0. The molecule has 2 N–H and O–H groups in total. The Kier molecular flexibility index (Phi) is 8.05. The molecular weight excluding hydrogens is 468 g/mol. The monoisotopic (exact) mass is 498 g/mol. The van der Waals surface area contributed by atoms with E-state index >= 15 is 0 Å². The van der Waals surface area contributed by atoms with Gasteiger partial charge in [-0.3, -0.25) is 14.4 Å². The number of hydrogen-bond acceptors (Lipinski definition) is 6. The number of nitrogens with one attached hydrogen (secondary N) is 2. The summed E-state index contributed by atoms with van der Waals surface area (Å²) in [5.74, 6) is -0.465. The van der Waals surface area contributed by atoms with Crippen LogP contribution in [0.4, 0.5) is 5.69 Å². The molecule has 0 spiro atoms. The Morgan fingerprint density at radius 2 is 1.94 bits per heavy atom. The van der Waals surface area contributed by atoms with Crippen LogP contribution in [0, 0.1) is 5.92 Å². The number of amidine groups is 1. The van der Waals surface area contributed by atoms with E-state index in [0.717, 1.165) is 36.0 Å². The normalized spacial score (nSPS) is 19.1. The highest BCUT2D eigenvalue weighted by atomic mass is 32.2. The largest absolute Gasteiger partial charge is 0.351 e. The number of piperidine rings is 1. The molecule has 2 aliphatic heterocycles. The Hall–Kier alpha value is -2.65. The first-order valence-electron chi connectivity index (χ1n) is 11.7. The van der Waals surface area contributed by atoms with Crippen molar-refractivity contribution in [3.63, 3.8) is 0 Å². The van der Waals surface area contributed by atoms with Gasteiger partial charge < -0.3 is 15.5 Å². The third kappa shape index (κ3) is 6.07. The molecule has 0 radical (unpaired) electrons. The number of thioether (sulfide) groups is 1. The lowest BCUT2D eigenvalue weighted by atomic mass is 10.0. The highest BCUT2D eigenvalue weighted by Gasteiger charge is 2.33. The predicted molar refractivity (Wildman–Crippen MR) is 138 cm³/mol. The van der Waals surface area contributed by atoms with Crippen LogP contribution < -0.4 is 10.6 Å². The molecule has 1 aromatic carbocycles. The molecule has 0 aliphatic carbocycles. The summed E-state index contributed by atoms with van der Waals surface area (Å²) in [5, 5.41) is 8.19. The average molecular weight is 499 g/mol. The lowest BCUT2D eigenvalue weighted by Crippen LogP contribution is -2.33. The summed E-state index contributed by atoms with van der Waals surface area (Å²) in [7, 11) is 0. The number of aliphatic imine (C=N–C) groups is 1. The Morgan fingerprint density at radius 1 is 1.15 bits per heavy atom. The van der Waals surface area contributed by atoms with Crippen LogP contribution >= 0.6 is 23.1 Å². The second kappa shape index (κ2) is 11.2. The van der Waals surface area contributed by atoms with Crippen molar-refractivity contribution < 1.29 is 14.4 Å². The molecule has 2 aliphatic rings. The molecule has 9 heteroatoms. The topological polar surface area (TPSA) is 90.9 Å². The fourth-order valence-electron chi connectivity index (χ4n) is 4.11. The zero-order valence-electron chi connectivity index (χ0n) is 19.5. The van der Waals surface area contributed by atoms with E-state index in [0.29, 0.717) is 11.3 Å². The first-order valence-corrected chi connectivity index (χ1v) is 13.4. The van der Waals surface area contributed by atoms with Crippen LogP contribution in [0.2, 0.25) is 0 Å². The summed E-state index contributed by atoms with van der Waals surface area (Å²) in [6.07, 6.45) is 3.47. The molecule has 2 aromatic rings. The highest BCUT2D eigenvalue weighted by Crippen LogP contribution is 2.29. The number of nitrogens with zero attached hydrogens (tertiary/aromatic N) is 2. The summed E-state index contributed by atoms with van der Waals surface area (Å²) in [6.45, 7) is 5.97. The van der Waals surface area contributed by atoms with Gasteiger partial charge >= 0.3 is 0 Å². The molecule has 2 atom stereocenters. The Bertz CT molecular complexity index is 1060. The van der Waals surface area contributed by atoms with Crippen molar-refractivity contribution in [2.45, 2.75) is 50.8 Å². The van der Waals surface area contributed by atoms with Crippen LogP contribution in [0.5, 0.6) is 0 Å². The molecule has 0 unspecified atom stereocenters. The van der Waals surface area contributed by atoms with Gasteiger partial charge in [-0.2, -0.15) is 4.99 Å². The standard InChI is InChI=1S/C25H30N4O3S2/c1-16(2)22(19-10-7-13-33-19)27-23(31)17-8-6-9-18(14-17)26-21(30)15-20-24(32)28-25(34-20)29-11-4-3-5-12-29/h6-10,13-14,16,20,22H,3-5,11-12,15H2,1-2H3,(H,26,30)(H,27,31)/t20-,22+/m0/s1. The zero-order valence-corrected chi connectivity index (χ0v) is 21.1. The Balaban J connectivity index is 1.33. The van der Waals surface area contributed by atoms with E-state index in [-0.39, 0.29) is 36.1 Å². The molecule has 3 heterocycles. The SMILES string of the molecule is CC(C)[C@@H](NC(=O)c1cccc(NC(=O)C[C@@H]2SC(N3CCCCC3)=NC2=O)c1)c1cccs1. The van der Waals surface area contributed by atoms with Crippen LogP contribution in [0.25, 0.3) is 0 Å². The highest BCUT2D eigenvalue weighted by molar-refractivity contribution is 8.15. The molecule has 180 valence electrons. The second-order valence-electron chi connectivity index (χ2n) is 8.93. The van der Waals surface area contributed by atoms with E-state index < -0.39 is 5.25 Å². The number of anilines is 1. The van der Waals surface area contributed by atoms with Gasteiger partial charge in [0, 0.05) is 35.6 Å². The maximum absolute atomic E-state index is 12.9. The fourth-order valence-corrected chi connectivity index (χ4v) is 6.17. The van der Waals surface area contributed by atoms with E-state index in [9.17, 15) is 14.4 Å². The van der Waals surface area contributed by atoms with Crippen LogP contribution in [0.3, 0.4) is 0 Å². The molecular formula is C25H30N4O3S2. The van der Waals surface area contributed by atoms with Gasteiger partial charge in [-0.1, -0.05) is 37.7 Å². The predicted octanol–water partition coefficient (Wildman–Crippen LogP) is 4.69. The van der Waals surface area contributed by atoms with Crippen molar-refractivity contribution in [2.24, 2.45) is 10.9 Å². The van der Waals surface area contributed by atoms with Gasteiger partial charge in [-0.25, -0.2) is 0 Å². The number of rotatable bonds is 7. The van der Waals surface area contributed by atoms with Crippen LogP contribution in [0.15, 0.2) is 46.8 Å². The lowest BCUT2D eigenvalue weighted by Gasteiger charge is -2.27. The number of carbonyl (C=O) groups is 3. The molecule has 0 saturated carbocycles. The zero-order chi connectivity index (χ0) is 24.1. The molecule has 1 aromatic heterocycles. The molecule has 34 heavy (non-hydrogen) atoms. The number of carbonyl (C=O) groups excluding carboxylic acids is 3. The van der Waals surface area contributed by atoms with Crippen molar-refractivity contribution in [3.8, 4) is 0 Å². The quantitative estimate of drug-likeness (QED) is 0.578. The number of likely N-dealkylation sites (tertiary alicyclic amines) is 1. The Labute approximate surface area is 208 Å². The average Bonchev–Trinajstić information content (AvgIpc) is 3.48. The van der Waals surface area contributed by atoms with Crippen molar-refractivity contribution >= 4 is 51.7 Å². The Morgan fingerprint density at radius 3 is 2.65 bits per heavy atom. The molecule has 4 rings (SSSR count). The van der Waals surface area contributed by atoms with E-state index in [2.05, 4.69) is 34.4 Å². The van der Waals surface area contributed by atoms with Gasteiger partial charge in [-0.05, 0) is 54.8 Å². The van der Waals surface area contributed by atoms with Crippen molar-refractivity contribution in [2.75, 3.05) is 18.4 Å². The minimum absolute atomic E-state index is 0.0502. The second-order valence-corrected chi connectivity index (χ2v) is 11.1. The van der Waals surface area contributed by atoms with Gasteiger partial charge in [0.25, 0.3) is 11.8 Å². The van der Waals surface area contributed by atoms with E-state index in [1.54, 1.807) is 35.6 Å². The summed E-state index contributed by atoms with van der Waals surface area (Å²) in [4.78, 5) is 45.4. The van der Waals surface area contributed by atoms with Gasteiger partial charge in [0.15, 0.2) is 5.17 Å². The van der Waals surface area contributed by atoms with Gasteiger partial charge in [0.05, 0.1) is 6.04 Å². The minimum atomic E-state index is -0.499. The molecule has 1 saturated heterocycles. The van der Waals surface area contributed by atoms with Crippen molar-refractivity contribution in [1.82, 2.24) is 10.2 Å². The van der Waals surface area contributed by atoms with Crippen LogP contribution in [0.1, 0.15) is 60.8 Å². The lowest BCUT2D eigenvalue weighted by molar-refractivity contribution is -0.121. The van der Waals surface area contributed by atoms with E-state index in [4.69, 9.17) is 0 Å². The third-order valence-electron chi connectivity index (χ3n) is 5.94. The van der Waals surface area contributed by atoms with Crippen molar-refractivity contribution in [3.05, 3.63) is 52.2 Å². The van der Waals surface area contributed by atoms with Gasteiger partial charge in [0.2, 0.25) is 5.91 Å². The minimum Gasteiger partial charge on any atom is -0.351 e. The summed E-state index contributed by atoms with van der Waals surface area (Å²) in [5.41, 5.74) is 1.00. The molecule has 1 fully saturated rings. The summed E-state index contributed by atoms with van der Waals surface area (Å²) in [6, 6.07) is 10.8. The van der Waals surface area contributed by atoms with Crippen molar-refractivity contribution in [1.29, 1.82) is 0 Å². The van der Waals surface area contributed by atoms with Crippen LogP contribution in [-0.4, -0.2) is 46.1 Å². The number of thiophene rings is 1. The fraction of sp³-hybridized carbons (Fsp3) is 0.440. The van der Waals surface area contributed by atoms with Gasteiger partial charge in [0.1, 0.15) is 5.25 Å². The molecule has 3 amide bonds. The molecule has 0 bridgehead atoms. The first kappa shape index (κ1) is 24.5. The van der Waals surface area contributed by atoms with E-state index in [1.165, 1.54) is 18.2 Å². The molecule has 7 nitrogen and oxygen atoms in total. The van der Waals surface area contributed by atoms with Crippen LogP contribution in [-0.2, 0) is 9.59 Å².